The molecule has 37 heavy (non-hydrogen) atoms. The van der Waals surface area contributed by atoms with E-state index in [4.69, 9.17) is 16.3 Å². The average Bonchev–Trinajstić information content (AvgIpc) is 2.88. The minimum Gasteiger partial charge on any atom is -0.381 e. The molecular weight excluding hydrogens is 505 g/mol. The fraction of sp³-hybridized carbons (Fsp3) is 0.500. The molecule has 0 radical (unpaired) electrons. The van der Waals surface area contributed by atoms with Crippen LogP contribution in [0.3, 0.4) is 0 Å². The SMILES string of the molecule is Cc1c([C@@H](C)Nc2ncnc3nc(Cl)c(N4CCN(C5CCOCC5)CC4)cc23)cccc1C(F)(F)F. The molecule has 0 bridgehead atoms. The lowest BCUT2D eigenvalue weighted by atomic mass is 9.97. The summed E-state index contributed by atoms with van der Waals surface area (Å²) in [4.78, 5) is 17.9. The van der Waals surface area contributed by atoms with Gasteiger partial charge in [-0.15, -0.1) is 0 Å². The Labute approximate surface area is 219 Å². The van der Waals surface area contributed by atoms with Crippen molar-refractivity contribution in [1.82, 2.24) is 19.9 Å². The van der Waals surface area contributed by atoms with Crippen molar-refractivity contribution in [2.75, 3.05) is 49.6 Å². The first-order chi connectivity index (χ1) is 17.7. The number of ether oxygens (including phenoxy) is 1. The molecule has 1 atom stereocenters. The normalized spacial score (nSPS) is 18.8. The lowest BCUT2D eigenvalue weighted by molar-refractivity contribution is -0.138. The van der Waals surface area contributed by atoms with Gasteiger partial charge in [0.2, 0.25) is 0 Å². The zero-order valence-electron chi connectivity index (χ0n) is 20.9. The van der Waals surface area contributed by atoms with Crippen LogP contribution in [0.4, 0.5) is 24.7 Å². The number of hydrogen-bond acceptors (Lipinski definition) is 7. The summed E-state index contributed by atoms with van der Waals surface area (Å²) in [5.74, 6) is 0.501. The topological polar surface area (TPSA) is 66.4 Å². The van der Waals surface area contributed by atoms with Crippen molar-refractivity contribution in [2.24, 2.45) is 0 Å². The number of piperazine rings is 1. The first-order valence-corrected chi connectivity index (χ1v) is 12.9. The van der Waals surface area contributed by atoms with E-state index < -0.39 is 17.8 Å². The number of anilines is 2. The lowest BCUT2D eigenvalue weighted by Gasteiger charge is -2.41. The highest BCUT2D eigenvalue weighted by Gasteiger charge is 2.33. The van der Waals surface area contributed by atoms with Crippen LogP contribution < -0.4 is 10.2 Å². The lowest BCUT2D eigenvalue weighted by Crippen LogP contribution is -2.51. The molecule has 2 aliphatic heterocycles. The molecule has 0 amide bonds. The molecule has 5 rings (SSSR count). The second-order valence-corrected chi connectivity index (χ2v) is 10.00. The van der Waals surface area contributed by atoms with Crippen LogP contribution in [0.15, 0.2) is 30.6 Å². The van der Waals surface area contributed by atoms with Crippen molar-refractivity contribution >= 4 is 34.1 Å². The molecule has 2 aromatic heterocycles. The van der Waals surface area contributed by atoms with Gasteiger partial charge in [0.1, 0.15) is 12.1 Å². The molecule has 2 saturated heterocycles. The molecule has 3 aromatic rings. The zero-order chi connectivity index (χ0) is 26.2. The van der Waals surface area contributed by atoms with E-state index in [2.05, 4.69) is 30.1 Å². The van der Waals surface area contributed by atoms with Crippen molar-refractivity contribution in [1.29, 1.82) is 0 Å². The summed E-state index contributed by atoms with van der Waals surface area (Å²) < 4.78 is 45.8. The number of halogens is 4. The molecule has 2 aliphatic rings. The number of alkyl halides is 3. The van der Waals surface area contributed by atoms with Gasteiger partial charge in [0, 0.05) is 45.4 Å². The fourth-order valence-corrected chi connectivity index (χ4v) is 5.64. The molecule has 1 aromatic carbocycles. The number of nitrogens with zero attached hydrogens (tertiary/aromatic N) is 5. The number of benzene rings is 1. The van der Waals surface area contributed by atoms with Crippen LogP contribution in [0.1, 0.15) is 42.5 Å². The molecule has 0 unspecified atom stereocenters. The van der Waals surface area contributed by atoms with Crippen LogP contribution in [-0.2, 0) is 10.9 Å². The highest BCUT2D eigenvalue weighted by atomic mass is 35.5. The van der Waals surface area contributed by atoms with Crippen LogP contribution in [0.2, 0.25) is 5.15 Å². The Morgan fingerprint density at radius 1 is 1.11 bits per heavy atom. The van der Waals surface area contributed by atoms with E-state index in [1.165, 1.54) is 19.3 Å². The van der Waals surface area contributed by atoms with Gasteiger partial charge in [-0.2, -0.15) is 13.2 Å². The number of nitrogens with one attached hydrogen (secondary N) is 1. The van der Waals surface area contributed by atoms with Gasteiger partial charge in [0.25, 0.3) is 0 Å². The molecule has 1 N–H and O–H groups in total. The molecule has 198 valence electrons. The Bertz CT molecular complexity index is 1260. The number of fused-ring (bicyclic) bond motifs is 1. The van der Waals surface area contributed by atoms with Crippen molar-refractivity contribution in [3.63, 3.8) is 0 Å². The minimum atomic E-state index is -4.41. The average molecular weight is 535 g/mol. The molecule has 0 spiro atoms. The van der Waals surface area contributed by atoms with Crippen LogP contribution in [0.25, 0.3) is 11.0 Å². The summed E-state index contributed by atoms with van der Waals surface area (Å²) in [6, 6.07) is 6.30. The zero-order valence-corrected chi connectivity index (χ0v) is 21.6. The third-order valence-electron chi connectivity index (χ3n) is 7.42. The van der Waals surface area contributed by atoms with Crippen molar-refractivity contribution in [2.45, 2.75) is 44.9 Å². The first kappa shape index (κ1) is 25.9. The Kier molecular flexibility index (Phi) is 7.42. The second-order valence-electron chi connectivity index (χ2n) is 9.64. The van der Waals surface area contributed by atoms with E-state index in [1.54, 1.807) is 6.07 Å². The van der Waals surface area contributed by atoms with Crippen LogP contribution >= 0.6 is 11.6 Å². The summed E-state index contributed by atoms with van der Waals surface area (Å²) in [7, 11) is 0. The third-order valence-corrected chi connectivity index (χ3v) is 7.70. The Balaban J connectivity index is 1.38. The van der Waals surface area contributed by atoms with E-state index in [-0.39, 0.29) is 5.56 Å². The van der Waals surface area contributed by atoms with Gasteiger partial charge in [0.15, 0.2) is 10.8 Å². The van der Waals surface area contributed by atoms with Gasteiger partial charge in [0.05, 0.1) is 22.7 Å². The molecular formula is C26H30ClF3N6O. The van der Waals surface area contributed by atoms with Crippen LogP contribution in [-0.4, -0.2) is 65.3 Å². The van der Waals surface area contributed by atoms with Crippen molar-refractivity contribution < 1.29 is 17.9 Å². The van der Waals surface area contributed by atoms with E-state index in [0.717, 1.165) is 64.0 Å². The quantitative estimate of drug-likeness (QED) is 0.435. The van der Waals surface area contributed by atoms with E-state index >= 15 is 0 Å². The number of pyridine rings is 1. The monoisotopic (exact) mass is 534 g/mol. The maximum atomic E-state index is 13.4. The maximum Gasteiger partial charge on any atom is 0.416 e. The number of aromatic nitrogens is 3. The summed E-state index contributed by atoms with van der Waals surface area (Å²) in [5.41, 5.74) is 1.34. The van der Waals surface area contributed by atoms with Gasteiger partial charge in [-0.05, 0) is 49.9 Å². The largest absolute Gasteiger partial charge is 0.416 e. The summed E-state index contributed by atoms with van der Waals surface area (Å²) >= 11 is 6.59. The molecule has 0 saturated carbocycles. The van der Waals surface area contributed by atoms with E-state index in [0.29, 0.717) is 33.6 Å². The summed E-state index contributed by atoms with van der Waals surface area (Å²) in [6.45, 7) is 8.45. The van der Waals surface area contributed by atoms with Crippen LogP contribution in [0.5, 0.6) is 0 Å². The predicted octanol–water partition coefficient (Wildman–Crippen LogP) is 5.48. The second kappa shape index (κ2) is 10.6. The maximum absolute atomic E-state index is 13.4. The van der Waals surface area contributed by atoms with Crippen molar-refractivity contribution in [3.05, 3.63) is 52.4 Å². The summed E-state index contributed by atoms with van der Waals surface area (Å²) in [6.07, 6.45) is -0.903. The summed E-state index contributed by atoms with van der Waals surface area (Å²) in [5, 5.41) is 4.33. The van der Waals surface area contributed by atoms with Gasteiger partial charge in [-0.1, -0.05) is 23.7 Å². The molecule has 11 heteroatoms. The first-order valence-electron chi connectivity index (χ1n) is 12.5. The van der Waals surface area contributed by atoms with E-state index in [9.17, 15) is 13.2 Å². The third kappa shape index (κ3) is 5.46. The van der Waals surface area contributed by atoms with Gasteiger partial charge in [-0.3, -0.25) is 4.90 Å². The fourth-order valence-electron chi connectivity index (χ4n) is 5.38. The smallest absolute Gasteiger partial charge is 0.381 e. The highest BCUT2D eigenvalue weighted by Crippen LogP contribution is 2.36. The standard InChI is InChI=1S/C26H30ClF3N6O/c1-16-19(4-3-5-21(16)26(28,29)30)17(2)33-24-20-14-22(23(27)34-25(20)32-15-31-24)36-10-8-35(9-11-36)18-6-12-37-13-7-18/h3-5,14-15,17-18H,6-13H2,1-2H3,(H,31,32,33,34)/t17-/m1/s1. The van der Waals surface area contributed by atoms with Gasteiger partial charge in [-0.25, -0.2) is 15.0 Å². The Hall–Kier alpha value is -2.69. The molecule has 4 heterocycles. The Morgan fingerprint density at radius 3 is 2.54 bits per heavy atom. The molecule has 2 fully saturated rings. The Morgan fingerprint density at radius 2 is 1.84 bits per heavy atom. The molecule has 0 aliphatic carbocycles. The predicted molar refractivity (Wildman–Crippen MR) is 138 cm³/mol. The van der Waals surface area contributed by atoms with E-state index in [1.807, 2.05) is 13.0 Å². The molecule has 7 nitrogen and oxygen atoms in total. The van der Waals surface area contributed by atoms with Crippen molar-refractivity contribution in [3.8, 4) is 0 Å². The van der Waals surface area contributed by atoms with Crippen LogP contribution in [0, 0.1) is 6.92 Å². The number of hydrogen-bond donors (Lipinski definition) is 1. The van der Waals surface area contributed by atoms with Gasteiger partial charge >= 0.3 is 6.18 Å². The highest BCUT2D eigenvalue weighted by molar-refractivity contribution is 6.32. The van der Waals surface area contributed by atoms with Gasteiger partial charge < -0.3 is 15.0 Å². The number of rotatable bonds is 5. The minimum absolute atomic E-state index is 0.192.